The molecule has 3 atom stereocenters. The first-order chi connectivity index (χ1) is 15.7. The molecular weight excluding hydrogens is 406 g/mol. The summed E-state index contributed by atoms with van der Waals surface area (Å²) in [5.74, 6) is 0.524. The van der Waals surface area contributed by atoms with Gasteiger partial charge in [0.05, 0.1) is 42.5 Å². The number of nitrogens with zero attached hydrogens (tertiary/aromatic N) is 4. The molecule has 1 unspecified atom stereocenters. The predicted octanol–water partition coefficient (Wildman–Crippen LogP) is 2.45. The average Bonchev–Trinajstić information content (AvgIpc) is 3.36. The quantitative estimate of drug-likeness (QED) is 0.642. The Labute approximate surface area is 186 Å². The molecule has 1 aliphatic carbocycles. The van der Waals surface area contributed by atoms with Crippen molar-refractivity contribution in [2.75, 3.05) is 11.4 Å². The number of rotatable bonds is 5. The molecule has 1 amide bonds. The van der Waals surface area contributed by atoms with Gasteiger partial charge in [-0.3, -0.25) is 4.79 Å². The van der Waals surface area contributed by atoms with E-state index in [-0.39, 0.29) is 11.9 Å². The molecule has 32 heavy (non-hydrogen) atoms. The molecule has 1 saturated carbocycles. The summed E-state index contributed by atoms with van der Waals surface area (Å²) in [4.78, 5) is 16.8. The lowest BCUT2D eigenvalue weighted by atomic mass is 9.92. The van der Waals surface area contributed by atoms with Gasteiger partial charge in [-0.05, 0) is 42.7 Å². The fourth-order valence-corrected chi connectivity index (χ4v) is 4.45. The van der Waals surface area contributed by atoms with E-state index in [2.05, 4.69) is 20.4 Å². The molecule has 2 aliphatic rings. The molecule has 1 fully saturated rings. The third-order valence-corrected chi connectivity index (χ3v) is 6.17. The smallest absolute Gasteiger partial charge is 0.263 e. The van der Waals surface area contributed by atoms with Crippen LogP contribution in [0.1, 0.15) is 31.2 Å². The van der Waals surface area contributed by atoms with Crippen molar-refractivity contribution >= 4 is 11.6 Å². The lowest BCUT2D eigenvalue weighted by molar-refractivity contribution is -0.129. The third-order valence-electron chi connectivity index (χ3n) is 6.17. The van der Waals surface area contributed by atoms with Crippen LogP contribution in [0.15, 0.2) is 60.9 Å². The van der Waals surface area contributed by atoms with Crippen molar-refractivity contribution in [3.8, 4) is 11.4 Å². The number of carbonyl (C=O) groups excluding carboxylic acids is 1. The molecule has 2 aromatic carbocycles. The first-order valence-corrected chi connectivity index (χ1v) is 11.1. The van der Waals surface area contributed by atoms with Gasteiger partial charge in [0.15, 0.2) is 6.10 Å². The fraction of sp³-hybridized carbons (Fsp3) is 0.375. The van der Waals surface area contributed by atoms with E-state index >= 15 is 0 Å². The number of carbonyl (C=O) groups is 1. The van der Waals surface area contributed by atoms with Crippen LogP contribution in [0.5, 0.6) is 5.75 Å². The van der Waals surface area contributed by atoms with Crippen LogP contribution in [-0.2, 0) is 11.3 Å². The Hall–Kier alpha value is -3.39. The van der Waals surface area contributed by atoms with Gasteiger partial charge in [0, 0.05) is 6.54 Å². The highest BCUT2D eigenvalue weighted by Crippen LogP contribution is 2.34. The number of hydrogen-bond acceptors (Lipinski definition) is 6. The van der Waals surface area contributed by atoms with Crippen LogP contribution in [0.25, 0.3) is 5.69 Å². The van der Waals surface area contributed by atoms with Crippen LogP contribution in [0.2, 0.25) is 0 Å². The Bertz CT molecular complexity index is 1050. The molecule has 1 aliphatic heterocycles. The van der Waals surface area contributed by atoms with Gasteiger partial charge in [0.1, 0.15) is 5.75 Å². The minimum Gasteiger partial charge on any atom is -0.477 e. The summed E-state index contributed by atoms with van der Waals surface area (Å²) < 4.78 is 6.05. The molecule has 1 aromatic heterocycles. The molecule has 166 valence electrons. The zero-order valence-electron chi connectivity index (χ0n) is 17.8. The van der Waals surface area contributed by atoms with Gasteiger partial charge in [0.25, 0.3) is 5.91 Å². The van der Waals surface area contributed by atoms with Crippen molar-refractivity contribution in [3.05, 3.63) is 66.5 Å². The van der Waals surface area contributed by atoms with Crippen LogP contribution in [0.3, 0.4) is 0 Å². The highest BCUT2D eigenvalue weighted by Gasteiger charge is 2.33. The number of amides is 1. The predicted molar refractivity (Wildman–Crippen MR) is 120 cm³/mol. The van der Waals surface area contributed by atoms with E-state index in [0.29, 0.717) is 18.8 Å². The molecule has 0 saturated heterocycles. The maximum absolute atomic E-state index is 13.0. The first kappa shape index (κ1) is 20.5. The number of nitrogens with one attached hydrogen (secondary N) is 1. The molecule has 0 spiro atoms. The number of aromatic nitrogens is 3. The summed E-state index contributed by atoms with van der Waals surface area (Å²) in [7, 11) is 0. The second kappa shape index (κ2) is 9.00. The number of fused-ring (bicyclic) bond motifs is 1. The van der Waals surface area contributed by atoms with E-state index in [4.69, 9.17) is 4.74 Å². The Morgan fingerprint density at radius 2 is 1.81 bits per heavy atom. The van der Waals surface area contributed by atoms with Gasteiger partial charge in [-0.1, -0.05) is 37.1 Å². The molecule has 8 nitrogen and oxygen atoms in total. The lowest BCUT2D eigenvalue weighted by Crippen LogP contribution is -2.54. The fourth-order valence-electron chi connectivity index (χ4n) is 4.45. The molecular formula is C24H27N5O3. The molecule has 0 radical (unpaired) electrons. The lowest BCUT2D eigenvalue weighted by Gasteiger charge is -2.37. The van der Waals surface area contributed by atoms with Crippen LogP contribution >= 0.6 is 0 Å². The summed E-state index contributed by atoms with van der Waals surface area (Å²) in [5.41, 5.74) is 2.97. The second-order valence-corrected chi connectivity index (χ2v) is 8.41. The SMILES string of the molecule is O=C(N[C@H]1CCCC[C@@H]1O)C1CN(Cc2ccc(-n3nccn3)cc2)c2ccccc2O1. The summed E-state index contributed by atoms with van der Waals surface area (Å²) in [6.07, 6.45) is 5.74. The second-order valence-electron chi connectivity index (χ2n) is 8.41. The molecule has 2 heterocycles. The molecule has 3 aromatic rings. The van der Waals surface area contributed by atoms with Crippen molar-refractivity contribution in [1.29, 1.82) is 0 Å². The van der Waals surface area contributed by atoms with E-state index in [1.54, 1.807) is 17.2 Å². The summed E-state index contributed by atoms with van der Waals surface area (Å²) in [6.45, 7) is 1.08. The number of anilines is 1. The van der Waals surface area contributed by atoms with Gasteiger partial charge in [0.2, 0.25) is 0 Å². The van der Waals surface area contributed by atoms with Crippen molar-refractivity contribution < 1.29 is 14.6 Å². The number of aliphatic hydroxyl groups excluding tert-OH is 1. The maximum atomic E-state index is 13.0. The Morgan fingerprint density at radius 3 is 2.59 bits per heavy atom. The zero-order valence-corrected chi connectivity index (χ0v) is 17.8. The van der Waals surface area contributed by atoms with E-state index < -0.39 is 12.2 Å². The first-order valence-electron chi connectivity index (χ1n) is 11.1. The normalized spacial score (nSPS) is 22.7. The largest absolute Gasteiger partial charge is 0.477 e. The Kier molecular flexibility index (Phi) is 5.77. The monoisotopic (exact) mass is 433 g/mol. The van der Waals surface area contributed by atoms with E-state index in [1.807, 2.05) is 48.5 Å². The number of hydrogen-bond donors (Lipinski definition) is 2. The minimum absolute atomic E-state index is 0.171. The number of ether oxygens (including phenoxy) is 1. The molecule has 2 N–H and O–H groups in total. The van der Waals surface area contributed by atoms with Crippen molar-refractivity contribution in [1.82, 2.24) is 20.3 Å². The van der Waals surface area contributed by atoms with Crippen molar-refractivity contribution in [3.63, 3.8) is 0 Å². The molecule has 0 bridgehead atoms. The van der Waals surface area contributed by atoms with Gasteiger partial charge in [-0.15, -0.1) is 0 Å². The number of benzene rings is 2. The number of aliphatic hydroxyl groups is 1. The zero-order chi connectivity index (χ0) is 21.9. The van der Waals surface area contributed by atoms with Crippen molar-refractivity contribution in [2.24, 2.45) is 0 Å². The number of para-hydroxylation sites is 2. The Morgan fingerprint density at radius 1 is 1.06 bits per heavy atom. The minimum atomic E-state index is -0.633. The van der Waals surface area contributed by atoms with E-state index in [1.165, 1.54) is 0 Å². The summed E-state index contributed by atoms with van der Waals surface area (Å²) in [6, 6.07) is 15.6. The van der Waals surface area contributed by atoms with Crippen LogP contribution in [0.4, 0.5) is 5.69 Å². The van der Waals surface area contributed by atoms with Gasteiger partial charge in [-0.2, -0.15) is 15.0 Å². The molecule has 8 heteroatoms. The van der Waals surface area contributed by atoms with Gasteiger partial charge >= 0.3 is 0 Å². The van der Waals surface area contributed by atoms with Crippen LogP contribution in [0, 0.1) is 0 Å². The van der Waals surface area contributed by atoms with Crippen LogP contribution < -0.4 is 15.0 Å². The van der Waals surface area contributed by atoms with Crippen LogP contribution in [-0.4, -0.2) is 50.8 Å². The standard InChI is InChI=1S/C24H27N5O3/c30-21-7-3-1-5-19(21)27-24(31)23-16-28(20-6-2-4-8-22(20)32-23)15-17-9-11-18(12-10-17)29-25-13-14-26-29/h2,4,6,8-14,19,21,23,30H,1,3,5,7,15-16H2,(H,27,31)/t19-,21-,23?/m0/s1. The highest BCUT2D eigenvalue weighted by atomic mass is 16.5. The van der Waals surface area contributed by atoms with Gasteiger partial charge in [-0.25, -0.2) is 0 Å². The topological polar surface area (TPSA) is 92.5 Å². The van der Waals surface area contributed by atoms with Gasteiger partial charge < -0.3 is 20.1 Å². The molecule has 5 rings (SSSR count). The van der Waals surface area contributed by atoms with E-state index in [0.717, 1.165) is 42.6 Å². The average molecular weight is 434 g/mol. The highest BCUT2D eigenvalue weighted by molar-refractivity contribution is 5.83. The van der Waals surface area contributed by atoms with E-state index in [9.17, 15) is 9.90 Å². The summed E-state index contributed by atoms with van der Waals surface area (Å²) >= 11 is 0. The summed E-state index contributed by atoms with van der Waals surface area (Å²) in [5, 5.41) is 21.6. The third kappa shape index (κ3) is 4.31. The van der Waals surface area contributed by atoms with Crippen molar-refractivity contribution in [2.45, 2.75) is 50.5 Å². The maximum Gasteiger partial charge on any atom is 0.263 e. The Balaban J connectivity index is 1.31.